The van der Waals surface area contributed by atoms with Crippen molar-refractivity contribution in [2.45, 2.75) is 25.3 Å². The largest absolute Gasteiger partial charge is 0.373 e. The number of aromatic nitrogens is 2. The van der Waals surface area contributed by atoms with Crippen LogP contribution in [-0.2, 0) is 25.8 Å². The van der Waals surface area contributed by atoms with Gasteiger partial charge < -0.3 is 0 Å². The quantitative estimate of drug-likeness (QED) is 0.833. The van der Waals surface area contributed by atoms with Gasteiger partial charge in [-0.3, -0.25) is 4.40 Å². The summed E-state index contributed by atoms with van der Waals surface area (Å²) in [6, 6.07) is 3.62. The van der Waals surface area contributed by atoms with Gasteiger partial charge in [-0.25, -0.2) is 13.4 Å². The molecule has 20 heavy (non-hydrogen) atoms. The Morgan fingerprint density at radius 1 is 1.35 bits per heavy atom. The highest BCUT2D eigenvalue weighted by atomic mass is 79.9. The van der Waals surface area contributed by atoms with Crippen LogP contribution in [0.1, 0.15) is 19.5 Å². The van der Waals surface area contributed by atoms with Gasteiger partial charge in [-0.05, 0) is 18.6 Å². The minimum absolute atomic E-state index is 0.0872. The topological polar surface area (TPSA) is 85.6 Å². The fraction of sp³-hybridized carbons (Fsp3) is 0.333. The summed E-state index contributed by atoms with van der Waals surface area (Å²) in [4.78, 5) is 20.6. The summed E-state index contributed by atoms with van der Waals surface area (Å²) < 4.78 is 26.7. The van der Waals surface area contributed by atoms with Crippen molar-refractivity contribution >= 4 is 37.6 Å². The maximum absolute atomic E-state index is 12.1. The minimum atomic E-state index is -3.25. The van der Waals surface area contributed by atoms with Crippen LogP contribution in [0.25, 0.3) is 5.65 Å². The Hall–Kier alpha value is -1.50. The van der Waals surface area contributed by atoms with Crippen molar-refractivity contribution in [3.63, 3.8) is 0 Å². The number of rotatable bonds is 3. The summed E-state index contributed by atoms with van der Waals surface area (Å²) in [6.07, 6.45) is 2.59. The lowest BCUT2D eigenvalue weighted by Gasteiger charge is -2.03. The van der Waals surface area contributed by atoms with E-state index in [0.717, 1.165) is 4.47 Å². The average molecular weight is 361 g/mol. The van der Waals surface area contributed by atoms with E-state index >= 15 is 0 Å². The Morgan fingerprint density at radius 3 is 2.45 bits per heavy atom. The molecule has 6 nitrogen and oxygen atoms in total. The first-order valence-electron chi connectivity index (χ1n) is 5.79. The zero-order valence-electron chi connectivity index (χ0n) is 11.0. The summed E-state index contributed by atoms with van der Waals surface area (Å²) in [5, 5.41) is 0.324. The average Bonchev–Trinajstić information content (AvgIpc) is 2.77. The van der Waals surface area contributed by atoms with E-state index < -0.39 is 9.84 Å². The Kier molecular flexibility index (Phi) is 5.62. The Balaban J connectivity index is 0.000000612. The molecule has 0 spiro atoms. The lowest BCUT2D eigenvalue weighted by Crippen LogP contribution is -2.09. The molecule has 108 valence electrons. The molecule has 0 amide bonds. The third-order valence-electron chi connectivity index (χ3n) is 2.62. The number of imidazole rings is 1. The SMILES string of the molecule is CCc1nc2cc(Br)ccn2c1S(=O)(=O)CC.O=C=O. The second-order valence-corrected chi connectivity index (χ2v) is 6.89. The van der Waals surface area contributed by atoms with Crippen LogP contribution in [0.5, 0.6) is 0 Å². The Labute approximate surface area is 124 Å². The zero-order chi connectivity index (χ0) is 15.3. The maximum atomic E-state index is 12.1. The molecule has 0 saturated heterocycles. The smallest absolute Gasteiger partial charge is 0.290 e. The van der Waals surface area contributed by atoms with Gasteiger partial charge in [0.2, 0.25) is 0 Å². The summed E-state index contributed by atoms with van der Waals surface area (Å²) in [5.74, 6) is 0.0872. The van der Waals surface area contributed by atoms with Crippen LogP contribution in [0.4, 0.5) is 0 Å². The highest BCUT2D eigenvalue weighted by Gasteiger charge is 2.22. The van der Waals surface area contributed by atoms with Gasteiger partial charge in [0.25, 0.3) is 0 Å². The van der Waals surface area contributed by atoms with E-state index in [9.17, 15) is 8.42 Å². The predicted molar refractivity (Wildman–Crippen MR) is 75.0 cm³/mol. The standard InChI is InChI=1S/C11H13BrN2O2S.CO2/c1-3-9-11(17(15,16)4-2)14-6-5-8(12)7-10(14)13-9;2-1-3/h5-7H,3-4H2,1-2H3;. The van der Waals surface area contributed by atoms with Gasteiger partial charge in [0.05, 0.1) is 11.4 Å². The number of nitrogens with zero attached hydrogens (tertiary/aromatic N) is 2. The second-order valence-electron chi connectivity index (χ2n) is 3.78. The van der Waals surface area contributed by atoms with E-state index in [1.54, 1.807) is 17.5 Å². The third kappa shape index (κ3) is 3.33. The number of pyridine rings is 1. The fourth-order valence-electron chi connectivity index (χ4n) is 1.74. The van der Waals surface area contributed by atoms with Gasteiger partial charge in [-0.15, -0.1) is 0 Å². The molecule has 2 heterocycles. The van der Waals surface area contributed by atoms with Crippen LogP contribution in [0.15, 0.2) is 27.8 Å². The van der Waals surface area contributed by atoms with Gasteiger partial charge in [-0.1, -0.05) is 29.8 Å². The van der Waals surface area contributed by atoms with Crippen molar-refractivity contribution in [1.82, 2.24) is 9.38 Å². The zero-order valence-corrected chi connectivity index (χ0v) is 13.4. The van der Waals surface area contributed by atoms with E-state index in [-0.39, 0.29) is 11.9 Å². The number of aryl methyl sites for hydroxylation is 1. The monoisotopic (exact) mass is 360 g/mol. The first kappa shape index (κ1) is 16.6. The molecule has 0 unspecified atom stereocenters. The van der Waals surface area contributed by atoms with Crippen LogP contribution in [0.3, 0.4) is 0 Å². The van der Waals surface area contributed by atoms with E-state index in [2.05, 4.69) is 20.9 Å². The molecule has 2 rings (SSSR count). The van der Waals surface area contributed by atoms with Gasteiger partial charge in [0, 0.05) is 10.7 Å². The van der Waals surface area contributed by atoms with Crippen LogP contribution >= 0.6 is 15.9 Å². The first-order valence-corrected chi connectivity index (χ1v) is 8.24. The van der Waals surface area contributed by atoms with Crippen molar-refractivity contribution in [1.29, 1.82) is 0 Å². The lowest BCUT2D eigenvalue weighted by atomic mass is 10.4. The molecule has 0 atom stereocenters. The first-order chi connectivity index (χ1) is 9.41. The summed E-state index contributed by atoms with van der Waals surface area (Å²) in [7, 11) is -3.25. The summed E-state index contributed by atoms with van der Waals surface area (Å²) >= 11 is 3.35. The van der Waals surface area contributed by atoms with Crippen molar-refractivity contribution in [2.75, 3.05) is 5.75 Å². The predicted octanol–water partition coefficient (Wildman–Crippen LogP) is 1.87. The van der Waals surface area contributed by atoms with Crippen molar-refractivity contribution < 1.29 is 18.0 Å². The molecule has 0 N–H and O–H groups in total. The highest BCUT2D eigenvalue weighted by Crippen LogP contribution is 2.22. The van der Waals surface area contributed by atoms with E-state index in [0.29, 0.717) is 22.8 Å². The molecular formula is C12H13BrN2O4S. The molecule has 0 aliphatic rings. The van der Waals surface area contributed by atoms with E-state index in [4.69, 9.17) is 9.59 Å². The normalized spacial score (nSPS) is 10.8. The number of hydrogen-bond acceptors (Lipinski definition) is 5. The number of sulfone groups is 1. The molecule has 0 fully saturated rings. The van der Waals surface area contributed by atoms with Gasteiger partial charge in [0.1, 0.15) is 5.65 Å². The number of carbonyl (C=O) groups excluding carboxylic acids is 2. The summed E-state index contributed by atoms with van der Waals surface area (Å²) in [6.45, 7) is 3.55. The molecule has 0 aromatic carbocycles. The van der Waals surface area contributed by atoms with Gasteiger partial charge in [0.15, 0.2) is 14.9 Å². The molecule has 2 aromatic heterocycles. The van der Waals surface area contributed by atoms with Gasteiger partial charge in [-0.2, -0.15) is 9.59 Å². The van der Waals surface area contributed by atoms with E-state index in [1.165, 1.54) is 0 Å². The van der Waals surface area contributed by atoms with Crippen LogP contribution in [0, 0.1) is 0 Å². The van der Waals surface area contributed by atoms with E-state index in [1.807, 2.05) is 19.1 Å². The molecular weight excluding hydrogens is 348 g/mol. The third-order valence-corrected chi connectivity index (χ3v) is 4.90. The Bertz CT molecular complexity index is 746. The molecule has 0 saturated carbocycles. The molecule has 0 aliphatic carbocycles. The van der Waals surface area contributed by atoms with Crippen molar-refractivity contribution in [3.8, 4) is 0 Å². The number of hydrogen-bond donors (Lipinski definition) is 0. The number of halogens is 1. The lowest BCUT2D eigenvalue weighted by molar-refractivity contribution is -0.191. The molecule has 0 aliphatic heterocycles. The number of fused-ring (bicyclic) bond motifs is 1. The Morgan fingerprint density at radius 2 is 1.95 bits per heavy atom. The van der Waals surface area contributed by atoms with Crippen molar-refractivity contribution in [3.05, 3.63) is 28.5 Å². The minimum Gasteiger partial charge on any atom is -0.290 e. The van der Waals surface area contributed by atoms with Crippen LogP contribution in [-0.4, -0.2) is 29.7 Å². The fourth-order valence-corrected chi connectivity index (χ4v) is 3.34. The van der Waals surface area contributed by atoms with Crippen LogP contribution < -0.4 is 0 Å². The molecule has 0 radical (unpaired) electrons. The molecule has 0 bridgehead atoms. The van der Waals surface area contributed by atoms with Crippen molar-refractivity contribution in [2.24, 2.45) is 0 Å². The van der Waals surface area contributed by atoms with Gasteiger partial charge >= 0.3 is 6.15 Å². The molecule has 8 heteroatoms. The highest BCUT2D eigenvalue weighted by molar-refractivity contribution is 9.10. The molecule has 2 aromatic rings. The summed E-state index contributed by atoms with van der Waals surface area (Å²) in [5.41, 5.74) is 1.29. The maximum Gasteiger partial charge on any atom is 0.373 e. The van der Waals surface area contributed by atoms with Crippen LogP contribution in [0.2, 0.25) is 0 Å². The second kappa shape index (κ2) is 6.78.